The molecule has 1 saturated carbocycles. The molecule has 0 spiro atoms. The van der Waals surface area contributed by atoms with Crippen LogP contribution in [0, 0.1) is 5.92 Å². The Hall–Kier alpha value is -1.06. The fourth-order valence-electron chi connectivity index (χ4n) is 2.46. The van der Waals surface area contributed by atoms with Gasteiger partial charge in [-0.15, -0.1) is 0 Å². The predicted molar refractivity (Wildman–Crippen MR) is 67.7 cm³/mol. The van der Waals surface area contributed by atoms with Gasteiger partial charge in [-0.2, -0.15) is 0 Å². The van der Waals surface area contributed by atoms with Crippen LogP contribution >= 0.6 is 0 Å². The van der Waals surface area contributed by atoms with Crippen molar-refractivity contribution in [3.63, 3.8) is 0 Å². The third-order valence-corrected chi connectivity index (χ3v) is 3.54. The van der Waals surface area contributed by atoms with Gasteiger partial charge in [0.15, 0.2) is 0 Å². The summed E-state index contributed by atoms with van der Waals surface area (Å²) in [5, 5.41) is 9.20. The summed E-state index contributed by atoms with van der Waals surface area (Å²) in [6.45, 7) is 1.34. The number of ether oxygens (including phenoxy) is 1. The molecule has 0 radical (unpaired) electrons. The molecule has 2 rings (SSSR count). The normalized spacial score (nSPS) is 24.8. The molecule has 17 heavy (non-hydrogen) atoms. The summed E-state index contributed by atoms with van der Waals surface area (Å²) >= 11 is 0. The topological polar surface area (TPSA) is 55.5 Å². The van der Waals surface area contributed by atoms with E-state index in [1.54, 1.807) is 12.1 Å². The van der Waals surface area contributed by atoms with Crippen molar-refractivity contribution in [1.82, 2.24) is 0 Å². The molecule has 0 heterocycles. The Balaban J connectivity index is 1.86. The summed E-state index contributed by atoms with van der Waals surface area (Å²) in [5.41, 5.74) is 6.87. The Bertz CT molecular complexity index is 337. The molecular formula is C14H21NO2. The number of benzene rings is 1. The van der Waals surface area contributed by atoms with Crippen LogP contribution in [0.5, 0.6) is 5.75 Å². The van der Waals surface area contributed by atoms with Crippen LogP contribution in [-0.2, 0) is 11.3 Å². The number of aromatic hydroxyl groups is 1. The summed E-state index contributed by atoms with van der Waals surface area (Å²) < 4.78 is 5.95. The van der Waals surface area contributed by atoms with Crippen LogP contribution in [0.25, 0.3) is 0 Å². The Morgan fingerprint density at radius 1 is 1.18 bits per heavy atom. The van der Waals surface area contributed by atoms with E-state index in [2.05, 4.69) is 0 Å². The van der Waals surface area contributed by atoms with E-state index >= 15 is 0 Å². The summed E-state index contributed by atoms with van der Waals surface area (Å²) in [6.07, 6.45) is 5.15. The highest BCUT2D eigenvalue weighted by molar-refractivity contribution is 5.25. The molecule has 1 aliphatic carbocycles. The first kappa shape index (κ1) is 12.4. The summed E-state index contributed by atoms with van der Waals surface area (Å²) in [6, 6.07) is 7.19. The van der Waals surface area contributed by atoms with Gasteiger partial charge in [0.25, 0.3) is 0 Å². The van der Waals surface area contributed by atoms with Crippen molar-refractivity contribution in [1.29, 1.82) is 0 Å². The molecule has 1 aliphatic rings. The molecule has 0 amide bonds. The van der Waals surface area contributed by atoms with Gasteiger partial charge in [0.05, 0.1) is 12.7 Å². The van der Waals surface area contributed by atoms with Crippen LogP contribution in [0.15, 0.2) is 24.3 Å². The van der Waals surface area contributed by atoms with Crippen LogP contribution in [0.3, 0.4) is 0 Å². The van der Waals surface area contributed by atoms with Crippen molar-refractivity contribution < 1.29 is 9.84 Å². The molecule has 0 saturated heterocycles. The molecule has 1 aromatic carbocycles. The van der Waals surface area contributed by atoms with Crippen LogP contribution in [0.4, 0.5) is 0 Å². The van der Waals surface area contributed by atoms with Gasteiger partial charge in [-0.3, -0.25) is 0 Å². The van der Waals surface area contributed by atoms with E-state index in [0.29, 0.717) is 24.4 Å². The van der Waals surface area contributed by atoms with E-state index in [-0.39, 0.29) is 0 Å². The molecule has 0 bridgehead atoms. The standard InChI is InChI=1S/C14H21NO2/c15-9-12-3-1-2-4-14(12)17-10-11-5-7-13(16)8-6-11/h5-8,12,14,16H,1-4,9-10,15H2. The van der Waals surface area contributed by atoms with E-state index in [1.165, 1.54) is 19.3 Å². The minimum Gasteiger partial charge on any atom is -0.508 e. The van der Waals surface area contributed by atoms with E-state index in [4.69, 9.17) is 10.5 Å². The van der Waals surface area contributed by atoms with Crippen molar-refractivity contribution >= 4 is 0 Å². The third kappa shape index (κ3) is 3.45. The van der Waals surface area contributed by atoms with Gasteiger partial charge >= 0.3 is 0 Å². The lowest BCUT2D eigenvalue weighted by Gasteiger charge is -2.30. The number of rotatable bonds is 4. The lowest BCUT2D eigenvalue weighted by atomic mass is 9.86. The summed E-state index contributed by atoms with van der Waals surface area (Å²) in [4.78, 5) is 0. The number of hydrogen-bond donors (Lipinski definition) is 2. The highest BCUT2D eigenvalue weighted by Gasteiger charge is 2.24. The van der Waals surface area contributed by atoms with E-state index in [1.807, 2.05) is 12.1 Å². The summed E-state index contributed by atoms with van der Waals surface area (Å²) in [5.74, 6) is 0.812. The largest absolute Gasteiger partial charge is 0.508 e. The van der Waals surface area contributed by atoms with Crippen molar-refractivity contribution in [2.45, 2.75) is 38.4 Å². The maximum Gasteiger partial charge on any atom is 0.115 e. The lowest BCUT2D eigenvalue weighted by molar-refractivity contribution is -0.0183. The van der Waals surface area contributed by atoms with Gasteiger partial charge in [-0.25, -0.2) is 0 Å². The minimum absolute atomic E-state index is 0.297. The Kier molecular flexibility index (Phi) is 4.40. The Labute approximate surface area is 103 Å². The van der Waals surface area contributed by atoms with Gasteiger partial charge in [0, 0.05) is 0 Å². The van der Waals surface area contributed by atoms with E-state index < -0.39 is 0 Å². The molecule has 3 nitrogen and oxygen atoms in total. The van der Waals surface area contributed by atoms with Gasteiger partial charge in [-0.05, 0) is 43.0 Å². The second-order valence-electron chi connectivity index (χ2n) is 4.80. The maximum absolute atomic E-state index is 9.20. The Morgan fingerprint density at radius 3 is 2.59 bits per heavy atom. The zero-order valence-electron chi connectivity index (χ0n) is 10.1. The molecule has 1 fully saturated rings. The second kappa shape index (κ2) is 6.03. The molecule has 0 aliphatic heterocycles. The molecule has 2 unspecified atom stereocenters. The number of nitrogens with two attached hydrogens (primary N) is 1. The van der Waals surface area contributed by atoms with Crippen LogP contribution < -0.4 is 5.73 Å². The average Bonchev–Trinajstić information content (AvgIpc) is 2.38. The number of phenolic OH excluding ortho intramolecular Hbond substituents is 1. The fraction of sp³-hybridized carbons (Fsp3) is 0.571. The first-order valence-corrected chi connectivity index (χ1v) is 6.39. The lowest BCUT2D eigenvalue weighted by Crippen LogP contribution is -2.33. The molecule has 3 heteroatoms. The van der Waals surface area contributed by atoms with E-state index in [0.717, 1.165) is 18.5 Å². The van der Waals surface area contributed by atoms with Crippen molar-refractivity contribution in [2.24, 2.45) is 11.7 Å². The molecular weight excluding hydrogens is 214 g/mol. The SMILES string of the molecule is NCC1CCCCC1OCc1ccc(O)cc1. The zero-order valence-corrected chi connectivity index (χ0v) is 10.1. The monoisotopic (exact) mass is 235 g/mol. The van der Waals surface area contributed by atoms with Crippen molar-refractivity contribution in [2.75, 3.05) is 6.54 Å². The first-order valence-electron chi connectivity index (χ1n) is 6.39. The summed E-state index contributed by atoms with van der Waals surface area (Å²) in [7, 11) is 0. The first-order chi connectivity index (χ1) is 8.29. The highest BCUT2D eigenvalue weighted by Crippen LogP contribution is 2.26. The van der Waals surface area contributed by atoms with E-state index in [9.17, 15) is 5.11 Å². The molecule has 94 valence electrons. The number of phenols is 1. The van der Waals surface area contributed by atoms with Crippen molar-refractivity contribution in [3.05, 3.63) is 29.8 Å². The van der Waals surface area contributed by atoms with Crippen LogP contribution in [0.2, 0.25) is 0 Å². The van der Waals surface area contributed by atoms with Gasteiger partial charge < -0.3 is 15.6 Å². The smallest absolute Gasteiger partial charge is 0.115 e. The third-order valence-electron chi connectivity index (χ3n) is 3.54. The molecule has 1 aromatic rings. The fourth-order valence-corrected chi connectivity index (χ4v) is 2.46. The second-order valence-corrected chi connectivity index (χ2v) is 4.80. The van der Waals surface area contributed by atoms with Gasteiger partial charge in [-0.1, -0.05) is 25.0 Å². The molecule has 0 aromatic heterocycles. The maximum atomic E-state index is 9.20. The molecule has 2 atom stereocenters. The zero-order chi connectivity index (χ0) is 12.1. The highest BCUT2D eigenvalue weighted by atomic mass is 16.5. The minimum atomic E-state index is 0.297. The van der Waals surface area contributed by atoms with Crippen LogP contribution in [-0.4, -0.2) is 17.8 Å². The molecule has 3 N–H and O–H groups in total. The average molecular weight is 235 g/mol. The predicted octanol–water partition coefficient (Wildman–Crippen LogP) is 2.43. The Morgan fingerprint density at radius 2 is 1.88 bits per heavy atom. The van der Waals surface area contributed by atoms with Crippen molar-refractivity contribution in [3.8, 4) is 5.75 Å². The van der Waals surface area contributed by atoms with Gasteiger partial charge in [0.2, 0.25) is 0 Å². The number of hydrogen-bond acceptors (Lipinski definition) is 3. The van der Waals surface area contributed by atoms with Crippen LogP contribution in [0.1, 0.15) is 31.2 Å². The quantitative estimate of drug-likeness (QED) is 0.842. The van der Waals surface area contributed by atoms with Gasteiger partial charge in [0.1, 0.15) is 5.75 Å².